The predicted octanol–water partition coefficient (Wildman–Crippen LogP) is 3.19. The Labute approximate surface area is 92.5 Å². The molecule has 0 bridgehead atoms. The molecule has 0 aromatic heterocycles. The number of aryl methyl sites for hydroxylation is 1. The van der Waals surface area contributed by atoms with Gasteiger partial charge in [-0.05, 0) is 24.8 Å². The highest BCUT2D eigenvalue weighted by Gasteiger charge is 2.22. The van der Waals surface area contributed by atoms with Crippen LogP contribution in [-0.2, 0) is 6.42 Å². The van der Waals surface area contributed by atoms with Gasteiger partial charge in [0.15, 0.2) is 0 Å². The molecule has 0 radical (unpaired) electrons. The average molecular weight is 204 g/mol. The Hall–Kier alpha value is -1.08. The summed E-state index contributed by atoms with van der Waals surface area (Å²) in [5, 5.41) is 9.38. The zero-order chi connectivity index (χ0) is 11.1. The molecule has 0 spiro atoms. The normalized spacial score (nSPS) is 14.5. The molecule has 0 aliphatic carbocycles. The minimum atomic E-state index is -0.101. The molecule has 1 heteroatoms. The molecule has 1 N–H and O–H groups in total. The van der Waals surface area contributed by atoms with Crippen molar-refractivity contribution in [2.75, 3.05) is 6.61 Å². The highest BCUT2D eigenvalue weighted by molar-refractivity contribution is 5.15. The van der Waals surface area contributed by atoms with Crippen molar-refractivity contribution >= 4 is 0 Å². The van der Waals surface area contributed by atoms with Gasteiger partial charge in [-0.1, -0.05) is 43.3 Å². The van der Waals surface area contributed by atoms with E-state index in [9.17, 15) is 5.11 Å². The Morgan fingerprint density at radius 3 is 2.47 bits per heavy atom. The van der Waals surface area contributed by atoms with E-state index in [2.05, 4.69) is 37.8 Å². The molecule has 0 amide bonds. The minimum Gasteiger partial charge on any atom is -0.395 e. The fraction of sp³-hybridized carbons (Fsp3) is 0.429. The summed E-state index contributed by atoms with van der Waals surface area (Å²) in [6.07, 6.45) is 4.81. The second-order valence-corrected chi connectivity index (χ2v) is 4.06. The van der Waals surface area contributed by atoms with Gasteiger partial charge in [0.1, 0.15) is 0 Å². The summed E-state index contributed by atoms with van der Waals surface area (Å²) in [6.45, 7) is 6.12. The SMILES string of the molecule is C=CC(CC)(CO)CCc1ccccc1. The van der Waals surface area contributed by atoms with E-state index in [0.717, 1.165) is 19.3 Å². The summed E-state index contributed by atoms with van der Waals surface area (Å²) in [4.78, 5) is 0. The minimum absolute atomic E-state index is 0.101. The van der Waals surface area contributed by atoms with E-state index in [0.29, 0.717) is 0 Å². The molecule has 0 saturated carbocycles. The summed E-state index contributed by atoms with van der Waals surface area (Å²) >= 11 is 0. The van der Waals surface area contributed by atoms with E-state index < -0.39 is 0 Å². The molecule has 1 nitrogen and oxygen atoms in total. The lowest BCUT2D eigenvalue weighted by atomic mass is 9.80. The number of hydrogen-bond donors (Lipinski definition) is 1. The lowest BCUT2D eigenvalue weighted by Crippen LogP contribution is -2.22. The van der Waals surface area contributed by atoms with E-state index >= 15 is 0 Å². The van der Waals surface area contributed by atoms with Crippen molar-refractivity contribution in [3.05, 3.63) is 48.6 Å². The average Bonchev–Trinajstić information content (AvgIpc) is 2.33. The first kappa shape index (κ1) is 12.0. The van der Waals surface area contributed by atoms with Gasteiger partial charge >= 0.3 is 0 Å². The van der Waals surface area contributed by atoms with Gasteiger partial charge in [-0.3, -0.25) is 0 Å². The first-order chi connectivity index (χ1) is 7.26. The van der Waals surface area contributed by atoms with Crippen LogP contribution in [0.1, 0.15) is 25.3 Å². The van der Waals surface area contributed by atoms with Crippen molar-refractivity contribution in [2.45, 2.75) is 26.2 Å². The first-order valence-electron chi connectivity index (χ1n) is 5.55. The molecule has 1 aromatic carbocycles. The third kappa shape index (κ3) is 3.21. The van der Waals surface area contributed by atoms with Crippen LogP contribution in [0.2, 0.25) is 0 Å². The van der Waals surface area contributed by atoms with Crippen LogP contribution >= 0.6 is 0 Å². The number of aliphatic hydroxyl groups excluding tert-OH is 1. The molecular formula is C14H20O. The van der Waals surface area contributed by atoms with E-state index in [4.69, 9.17) is 0 Å². The van der Waals surface area contributed by atoms with Crippen LogP contribution in [0.25, 0.3) is 0 Å². The lowest BCUT2D eigenvalue weighted by molar-refractivity contribution is 0.155. The smallest absolute Gasteiger partial charge is 0.0521 e. The molecule has 1 atom stereocenters. The van der Waals surface area contributed by atoms with E-state index in [-0.39, 0.29) is 12.0 Å². The van der Waals surface area contributed by atoms with Crippen LogP contribution < -0.4 is 0 Å². The molecule has 15 heavy (non-hydrogen) atoms. The quantitative estimate of drug-likeness (QED) is 0.705. The number of hydrogen-bond acceptors (Lipinski definition) is 1. The first-order valence-corrected chi connectivity index (χ1v) is 5.55. The van der Waals surface area contributed by atoms with Crippen molar-refractivity contribution in [1.29, 1.82) is 0 Å². The van der Waals surface area contributed by atoms with E-state index in [1.807, 2.05) is 12.1 Å². The zero-order valence-electron chi connectivity index (χ0n) is 9.45. The maximum absolute atomic E-state index is 9.38. The van der Waals surface area contributed by atoms with Gasteiger partial charge in [-0.2, -0.15) is 0 Å². The van der Waals surface area contributed by atoms with Crippen molar-refractivity contribution in [1.82, 2.24) is 0 Å². The lowest BCUT2D eigenvalue weighted by Gasteiger charge is -2.26. The highest BCUT2D eigenvalue weighted by atomic mass is 16.3. The number of rotatable bonds is 6. The summed E-state index contributed by atoms with van der Waals surface area (Å²) in [6, 6.07) is 10.4. The highest BCUT2D eigenvalue weighted by Crippen LogP contribution is 2.28. The van der Waals surface area contributed by atoms with Crippen molar-refractivity contribution < 1.29 is 5.11 Å². The second kappa shape index (κ2) is 5.72. The monoisotopic (exact) mass is 204 g/mol. The Kier molecular flexibility index (Phi) is 4.57. The van der Waals surface area contributed by atoms with Crippen LogP contribution in [0.3, 0.4) is 0 Å². The molecule has 0 aliphatic rings. The van der Waals surface area contributed by atoms with Crippen LogP contribution in [0.15, 0.2) is 43.0 Å². The number of aliphatic hydroxyl groups is 1. The maximum Gasteiger partial charge on any atom is 0.0521 e. The molecule has 1 aromatic rings. The van der Waals surface area contributed by atoms with Gasteiger partial charge in [-0.25, -0.2) is 0 Å². The zero-order valence-corrected chi connectivity index (χ0v) is 9.45. The van der Waals surface area contributed by atoms with Gasteiger partial charge < -0.3 is 5.11 Å². The van der Waals surface area contributed by atoms with Crippen LogP contribution in [0, 0.1) is 5.41 Å². The molecular weight excluding hydrogens is 184 g/mol. The van der Waals surface area contributed by atoms with E-state index in [1.54, 1.807) is 0 Å². The molecule has 82 valence electrons. The Balaban J connectivity index is 2.58. The van der Waals surface area contributed by atoms with Crippen molar-refractivity contribution in [3.63, 3.8) is 0 Å². The Morgan fingerprint density at radius 1 is 1.33 bits per heavy atom. The summed E-state index contributed by atoms with van der Waals surface area (Å²) < 4.78 is 0. The fourth-order valence-corrected chi connectivity index (χ4v) is 1.72. The standard InChI is InChI=1S/C14H20O/c1-3-14(4-2,12-15)11-10-13-8-6-5-7-9-13/h3,5-9,15H,1,4,10-12H2,2H3. The Morgan fingerprint density at radius 2 is 2.00 bits per heavy atom. The molecule has 0 fully saturated rings. The van der Waals surface area contributed by atoms with E-state index in [1.165, 1.54) is 5.56 Å². The van der Waals surface area contributed by atoms with Gasteiger partial charge in [0.25, 0.3) is 0 Å². The summed E-state index contributed by atoms with van der Waals surface area (Å²) in [5.74, 6) is 0. The molecule has 1 unspecified atom stereocenters. The molecule has 1 rings (SSSR count). The topological polar surface area (TPSA) is 20.2 Å². The van der Waals surface area contributed by atoms with Gasteiger partial charge in [0.2, 0.25) is 0 Å². The predicted molar refractivity (Wildman–Crippen MR) is 64.8 cm³/mol. The van der Waals surface area contributed by atoms with Crippen LogP contribution in [0.5, 0.6) is 0 Å². The second-order valence-electron chi connectivity index (χ2n) is 4.06. The van der Waals surface area contributed by atoms with Crippen LogP contribution in [0.4, 0.5) is 0 Å². The third-order valence-corrected chi connectivity index (χ3v) is 3.21. The molecule has 0 aliphatic heterocycles. The fourth-order valence-electron chi connectivity index (χ4n) is 1.72. The van der Waals surface area contributed by atoms with Gasteiger partial charge in [-0.15, -0.1) is 6.58 Å². The largest absolute Gasteiger partial charge is 0.395 e. The van der Waals surface area contributed by atoms with Crippen LogP contribution in [-0.4, -0.2) is 11.7 Å². The summed E-state index contributed by atoms with van der Waals surface area (Å²) in [7, 11) is 0. The Bertz CT molecular complexity index is 285. The maximum atomic E-state index is 9.38. The molecule has 0 heterocycles. The number of benzene rings is 1. The third-order valence-electron chi connectivity index (χ3n) is 3.21. The van der Waals surface area contributed by atoms with Gasteiger partial charge in [0.05, 0.1) is 6.61 Å². The molecule has 0 saturated heterocycles. The summed E-state index contributed by atoms with van der Waals surface area (Å²) in [5.41, 5.74) is 1.22. The van der Waals surface area contributed by atoms with Crippen molar-refractivity contribution in [2.24, 2.45) is 5.41 Å². The van der Waals surface area contributed by atoms with Gasteiger partial charge in [0, 0.05) is 5.41 Å². The van der Waals surface area contributed by atoms with Crippen molar-refractivity contribution in [3.8, 4) is 0 Å².